The van der Waals surface area contributed by atoms with Gasteiger partial charge in [-0.1, -0.05) is 45.0 Å². The van der Waals surface area contributed by atoms with Crippen LogP contribution in [0, 0.1) is 30.6 Å². The van der Waals surface area contributed by atoms with E-state index in [4.69, 9.17) is 4.74 Å². The number of fused-ring (bicyclic) bond motifs is 1. The average Bonchev–Trinajstić information content (AvgIpc) is 3.34. The Bertz CT molecular complexity index is 1590. The molecule has 5 N–H and O–H groups in total. The van der Waals surface area contributed by atoms with Crippen molar-refractivity contribution in [3.63, 3.8) is 0 Å². The van der Waals surface area contributed by atoms with Gasteiger partial charge in [0.2, 0.25) is 15.9 Å². The van der Waals surface area contributed by atoms with Crippen molar-refractivity contribution in [3.8, 4) is 5.75 Å². The van der Waals surface area contributed by atoms with Crippen LogP contribution in [0.4, 0.5) is 5.82 Å². The van der Waals surface area contributed by atoms with E-state index >= 15 is 0 Å². The fraction of sp³-hybridized carbons (Fsp3) is 0.467. The van der Waals surface area contributed by atoms with E-state index < -0.39 is 22.0 Å². The van der Waals surface area contributed by atoms with Crippen molar-refractivity contribution >= 4 is 51.2 Å². The van der Waals surface area contributed by atoms with Gasteiger partial charge >= 0.3 is 5.97 Å². The van der Waals surface area contributed by atoms with Gasteiger partial charge < -0.3 is 25.6 Å². The molecule has 4 rings (SSSR count). The number of rotatable bonds is 7. The molecule has 44 heavy (non-hydrogen) atoms. The summed E-state index contributed by atoms with van der Waals surface area (Å²) in [5.41, 5.74) is 2.83. The first-order valence-electron chi connectivity index (χ1n) is 14.0. The number of aliphatic imine (C=N–C) groups is 2. The van der Waals surface area contributed by atoms with Gasteiger partial charge in [0, 0.05) is 30.6 Å². The third kappa shape index (κ3) is 8.50. The predicted molar refractivity (Wildman–Crippen MR) is 167 cm³/mol. The van der Waals surface area contributed by atoms with Gasteiger partial charge in [-0.2, -0.15) is 4.99 Å². The van der Waals surface area contributed by atoms with Crippen molar-refractivity contribution in [1.82, 2.24) is 9.71 Å². The van der Waals surface area contributed by atoms with Crippen molar-refractivity contribution < 1.29 is 52.8 Å². The largest absolute Gasteiger partial charge is 0.495 e. The topological polar surface area (TPSA) is 192 Å². The number of aromatic nitrogens is 1. The summed E-state index contributed by atoms with van der Waals surface area (Å²) >= 11 is 0. The van der Waals surface area contributed by atoms with Crippen molar-refractivity contribution in [2.45, 2.75) is 60.4 Å². The van der Waals surface area contributed by atoms with Gasteiger partial charge in [-0.15, -0.1) is 0 Å². The summed E-state index contributed by atoms with van der Waals surface area (Å²) in [4.78, 5) is 38.8. The number of amides is 1. The third-order valence-corrected chi connectivity index (χ3v) is 8.44. The first kappa shape index (κ1) is 37.0. The number of aliphatic hydroxyl groups is 1. The van der Waals surface area contributed by atoms with Crippen LogP contribution in [0.5, 0.6) is 5.75 Å². The Hall–Kier alpha value is -3.19. The summed E-state index contributed by atoms with van der Waals surface area (Å²) in [5, 5.41) is 13.2. The molecule has 12 nitrogen and oxygen atoms in total. The molecule has 2 aromatic rings. The first-order chi connectivity index (χ1) is 19.6. The molecule has 3 unspecified atom stereocenters. The Balaban J connectivity index is 0.00000337. The van der Waals surface area contributed by atoms with Gasteiger partial charge in [0.1, 0.15) is 11.7 Å². The standard InChI is InChI=1S/C30H39N5O6S.H2O.Zn/c1-15-12-16(2)25(17(3)13-15)30(38)41-26-18(4)23(32-28(26)31-20(6)36)14-24-21-10-8-9-11-22(21)27(33-24)34-29(37)19(5)35-42(7,39)40;;/h8-11,14-17,19,25,35H,12-13H2,1-7H3,(H3,31,32,33,34,36,37);1H2;/p-1. The number of carbonyl (C=O) groups excluding carboxylic acids is 2. The van der Waals surface area contributed by atoms with Crippen molar-refractivity contribution in [3.05, 3.63) is 46.6 Å². The third-order valence-electron chi connectivity index (χ3n) is 7.66. The van der Waals surface area contributed by atoms with Gasteiger partial charge in [0.25, 0.3) is 0 Å². The number of esters is 1. The van der Waals surface area contributed by atoms with E-state index in [9.17, 15) is 23.1 Å². The van der Waals surface area contributed by atoms with Gasteiger partial charge in [0.15, 0.2) is 5.84 Å². The first-order valence-corrected chi connectivity index (χ1v) is 15.8. The molecule has 1 amide bonds. The van der Waals surface area contributed by atoms with Crippen LogP contribution >= 0.6 is 0 Å². The van der Waals surface area contributed by atoms with Crippen LogP contribution < -0.4 is 19.8 Å². The predicted octanol–water partition coefficient (Wildman–Crippen LogP) is 3.46. The molecule has 1 aliphatic carbocycles. The van der Waals surface area contributed by atoms with E-state index in [1.165, 1.54) is 13.8 Å². The molecule has 236 valence electrons. The van der Waals surface area contributed by atoms with Crippen LogP contribution in [0.25, 0.3) is 11.8 Å². The quantitative estimate of drug-likeness (QED) is 0.173. The zero-order chi connectivity index (χ0) is 30.9. The fourth-order valence-corrected chi connectivity index (χ4v) is 6.71. The number of amidine groups is 1. The summed E-state index contributed by atoms with van der Waals surface area (Å²) in [6.45, 7) is 10.9. The van der Waals surface area contributed by atoms with E-state index in [0.29, 0.717) is 34.0 Å². The molecule has 1 aromatic carbocycles. The maximum Gasteiger partial charge on any atom is 0.314 e. The number of nitrogens with one attached hydrogen (secondary N) is 2. The number of benzene rings is 1. The second-order valence-corrected chi connectivity index (χ2v) is 13.3. The molecule has 1 aliphatic heterocycles. The van der Waals surface area contributed by atoms with Crippen molar-refractivity contribution in [1.29, 1.82) is 0 Å². The molecule has 0 radical (unpaired) electrons. The zero-order valence-electron chi connectivity index (χ0n) is 26.1. The molecular weight excluding hydrogens is 640 g/mol. The second-order valence-electron chi connectivity index (χ2n) is 11.6. The summed E-state index contributed by atoms with van der Waals surface area (Å²) in [6.07, 6.45) is 4.58. The van der Waals surface area contributed by atoms with Gasteiger partial charge in [-0.3, -0.25) is 9.59 Å². The SMILES string of the molecule is CC(=O)Nc1[n-]c(/C=C2\N=C(N=C(O)C(C)NS(C)(=O)=O)c3ccccc32)c(C)c1OC(=O)C1C(C)CC(C)CC1C.O.[Zn]. The van der Waals surface area contributed by atoms with E-state index in [-0.39, 0.29) is 72.0 Å². The smallest absolute Gasteiger partial charge is 0.314 e. The Labute approximate surface area is 271 Å². The molecule has 1 saturated carbocycles. The number of hydrogen-bond donors (Lipinski definition) is 3. The average molecular weight is 680 g/mol. The second kappa shape index (κ2) is 14.7. The van der Waals surface area contributed by atoms with Gasteiger partial charge in [-0.25, -0.2) is 18.1 Å². The summed E-state index contributed by atoms with van der Waals surface area (Å²) in [6, 6.07) is 6.29. The minimum Gasteiger partial charge on any atom is -0.495 e. The zero-order valence-corrected chi connectivity index (χ0v) is 29.9. The van der Waals surface area contributed by atoms with Gasteiger partial charge in [0.05, 0.1) is 23.9 Å². The Morgan fingerprint density at radius 1 is 1.16 bits per heavy atom. The molecule has 0 spiro atoms. The number of carbonyl (C=O) groups is 2. The van der Waals surface area contributed by atoms with Crippen LogP contribution in [0.3, 0.4) is 0 Å². The summed E-state index contributed by atoms with van der Waals surface area (Å²) in [5.74, 6) is 0.0245. The molecule has 0 saturated heterocycles. The molecule has 2 heterocycles. The van der Waals surface area contributed by atoms with Crippen LogP contribution in [-0.2, 0) is 39.1 Å². The summed E-state index contributed by atoms with van der Waals surface area (Å²) < 4.78 is 31.4. The van der Waals surface area contributed by atoms with Crippen LogP contribution in [-0.4, -0.2) is 54.9 Å². The Morgan fingerprint density at radius 2 is 1.75 bits per heavy atom. The normalized spacial score (nSPS) is 23.1. The minimum atomic E-state index is -3.57. The van der Waals surface area contributed by atoms with Crippen molar-refractivity contribution in [2.75, 3.05) is 11.6 Å². The Kier molecular flexibility index (Phi) is 12.4. The molecule has 1 aromatic heterocycles. The molecule has 2 aliphatic rings. The minimum absolute atomic E-state index is 0. The van der Waals surface area contributed by atoms with E-state index in [1.807, 2.05) is 12.1 Å². The maximum absolute atomic E-state index is 13.4. The number of aliphatic hydroxyl groups excluding tert-OH is 1. The molecule has 0 bridgehead atoms. The maximum atomic E-state index is 13.4. The van der Waals surface area contributed by atoms with Crippen LogP contribution in [0.15, 0.2) is 34.3 Å². The summed E-state index contributed by atoms with van der Waals surface area (Å²) in [7, 11) is -3.57. The molecular formula is C30H40N5O7SZn-. The van der Waals surface area contributed by atoms with Gasteiger partial charge in [-0.05, 0) is 74.5 Å². The molecule has 3 atom stereocenters. The van der Waals surface area contributed by atoms with Crippen LogP contribution in [0.1, 0.15) is 69.8 Å². The number of ether oxygens (including phenoxy) is 1. The number of hydrogen-bond acceptors (Lipinski definition) is 7. The number of anilines is 1. The molecule has 14 heteroatoms. The van der Waals surface area contributed by atoms with E-state index in [2.05, 4.69) is 45.8 Å². The van der Waals surface area contributed by atoms with Crippen LogP contribution in [0.2, 0.25) is 0 Å². The monoisotopic (exact) mass is 678 g/mol. The number of sulfonamides is 1. The van der Waals surface area contributed by atoms with E-state index in [1.54, 1.807) is 25.1 Å². The Morgan fingerprint density at radius 3 is 2.32 bits per heavy atom. The van der Waals surface area contributed by atoms with Crippen molar-refractivity contribution in [2.24, 2.45) is 33.7 Å². The van der Waals surface area contributed by atoms with E-state index in [0.717, 1.165) is 19.1 Å². The fourth-order valence-electron chi connectivity index (χ4n) is 5.96. The molecule has 1 fully saturated rings. The number of nitrogens with zero attached hydrogens (tertiary/aromatic N) is 3.